The van der Waals surface area contributed by atoms with Crippen LogP contribution in [0.15, 0.2) is 66.7 Å². The largest absolute Gasteiger partial charge is 0.416 e. The lowest BCUT2D eigenvalue weighted by Gasteiger charge is -2.32. The second kappa shape index (κ2) is 9.49. The molecule has 0 aliphatic carbocycles. The molecule has 34 heavy (non-hydrogen) atoms. The fraction of sp³-hybridized carbons (Fsp3) is 0.259. The van der Waals surface area contributed by atoms with Crippen LogP contribution in [0.2, 0.25) is 5.02 Å². The Morgan fingerprint density at radius 1 is 0.882 bits per heavy atom. The normalized spacial score (nSPS) is 17.2. The van der Waals surface area contributed by atoms with E-state index in [0.717, 1.165) is 27.9 Å². The van der Waals surface area contributed by atoms with E-state index in [-0.39, 0.29) is 19.4 Å². The fourth-order valence-corrected chi connectivity index (χ4v) is 4.79. The number of benzene rings is 3. The first-order valence-corrected chi connectivity index (χ1v) is 11.8. The first kappa shape index (κ1) is 22.4. The van der Waals surface area contributed by atoms with Gasteiger partial charge >= 0.3 is 11.9 Å². The van der Waals surface area contributed by atoms with Crippen LogP contribution in [0, 0.1) is 0 Å². The molecule has 5 rings (SSSR count). The quantitative estimate of drug-likeness (QED) is 0.527. The van der Waals surface area contributed by atoms with Crippen molar-refractivity contribution in [2.45, 2.75) is 31.6 Å². The Labute approximate surface area is 203 Å². The lowest BCUT2D eigenvalue weighted by Crippen LogP contribution is -2.43. The Morgan fingerprint density at radius 2 is 1.62 bits per heavy atom. The zero-order valence-electron chi connectivity index (χ0n) is 18.6. The highest BCUT2D eigenvalue weighted by Crippen LogP contribution is 2.40. The van der Waals surface area contributed by atoms with Crippen LogP contribution in [0.4, 0.5) is 5.69 Å². The van der Waals surface area contributed by atoms with Crippen molar-refractivity contribution in [3.63, 3.8) is 0 Å². The third-order valence-corrected chi connectivity index (χ3v) is 6.49. The molecule has 0 saturated carbocycles. The summed E-state index contributed by atoms with van der Waals surface area (Å²) in [5.41, 5.74) is 5.66. The van der Waals surface area contributed by atoms with Crippen molar-refractivity contribution in [2.24, 2.45) is 0 Å². The number of fused-ring (bicyclic) bond motifs is 2. The van der Waals surface area contributed by atoms with Gasteiger partial charge in [0.1, 0.15) is 0 Å². The van der Waals surface area contributed by atoms with Gasteiger partial charge in [-0.1, -0.05) is 60.1 Å². The van der Waals surface area contributed by atoms with Gasteiger partial charge in [-0.05, 0) is 53.4 Å². The van der Waals surface area contributed by atoms with Gasteiger partial charge in [0.15, 0.2) is 0 Å². The lowest BCUT2D eigenvalue weighted by molar-refractivity contribution is -0.225. The highest BCUT2D eigenvalue weighted by Gasteiger charge is 2.45. The van der Waals surface area contributed by atoms with Crippen LogP contribution >= 0.6 is 11.6 Å². The van der Waals surface area contributed by atoms with Crippen LogP contribution in [0.5, 0.6) is 0 Å². The molecule has 0 radical (unpaired) electrons. The molecule has 7 heteroatoms. The molecule has 1 fully saturated rings. The Bertz CT molecular complexity index is 1210. The number of carbonyl (C=O) groups excluding carboxylic acids is 2. The number of anilines is 1. The summed E-state index contributed by atoms with van der Waals surface area (Å²) >= 11 is 6.63. The molecule has 6 nitrogen and oxygen atoms in total. The van der Waals surface area contributed by atoms with Crippen molar-refractivity contribution < 1.29 is 19.1 Å². The highest BCUT2D eigenvalue weighted by molar-refractivity contribution is 6.33. The van der Waals surface area contributed by atoms with E-state index in [2.05, 4.69) is 41.0 Å². The average Bonchev–Trinajstić information content (AvgIpc) is 3.11. The van der Waals surface area contributed by atoms with Gasteiger partial charge in [0, 0.05) is 12.1 Å². The Morgan fingerprint density at radius 3 is 2.38 bits per heavy atom. The summed E-state index contributed by atoms with van der Waals surface area (Å²) < 4.78 is 11.4. The molecule has 1 spiro atoms. The van der Waals surface area contributed by atoms with Gasteiger partial charge in [0.2, 0.25) is 0 Å². The molecule has 3 aromatic carbocycles. The van der Waals surface area contributed by atoms with Gasteiger partial charge < -0.3 is 20.1 Å². The zero-order valence-corrected chi connectivity index (χ0v) is 19.4. The topological polar surface area (TPSA) is 76.7 Å². The third-order valence-electron chi connectivity index (χ3n) is 6.18. The van der Waals surface area contributed by atoms with Crippen molar-refractivity contribution in [3.05, 3.63) is 88.4 Å². The second-order valence-electron chi connectivity index (χ2n) is 8.50. The number of carbonyl (C=O) groups is 2. The highest BCUT2D eigenvalue weighted by atomic mass is 35.5. The van der Waals surface area contributed by atoms with E-state index < -0.39 is 17.7 Å². The van der Waals surface area contributed by atoms with E-state index in [0.29, 0.717) is 30.1 Å². The molecule has 2 heterocycles. The molecule has 0 unspecified atom stereocenters. The minimum absolute atomic E-state index is 0.00632. The number of hydrogen-bond acceptors (Lipinski definition) is 6. The summed E-state index contributed by atoms with van der Waals surface area (Å²) in [6, 6.07) is 22.1. The monoisotopic (exact) mass is 476 g/mol. The first-order chi connectivity index (χ1) is 16.5. The van der Waals surface area contributed by atoms with Crippen LogP contribution in [0.25, 0.3) is 11.1 Å². The predicted molar refractivity (Wildman–Crippen MR) is 130 cm³/mol. The van der Waals surface area contributed by atoms with Gasteiger partial charge in [0.05, 0.1) is 30.1 Å². The third kappa shape index (κ3) is 4.52. The number of halogens is 1. The Balaban J connectivity index is 1.47. The summed E-state index contributed by atoms with van der Waals surface area (Å²) in [6.07, 6.45) is 0.651. The maximum absolute atomic E-state index is 12.3. The molecule has 2 aliphatic heterocycles. The lowest BCUT2D eigenvalue weighted by atomic mass is 9.96. The molecule has 1 saturated heterocycles. The molecule has 2 N–H and O–H groups in total. The fourth-order valence-electron chi connectivity index (χ4n) is 4.55. The molecule has 3 aromatic rings. The molecule has 174 valence electrons. The summed E-state index contributed by atoms with van der Waals surface area (Å²) in [5.74, 6) is -2.41. The van der Waals surface area contributed by atoms with Crippen molar-refractivity contribution in [2.75, 3.05) is 18.4 Å². The van der Waals surface area contributed by atoms with Gasteiger partial charge in [-0.3, -0.25) is 9.59 Å². The molecule has 2 aliphatic rings. The Hall–Kier alpha value is -3.35. The van der Waals surface area contributed by atoms with Crippen LogP contribution in [-0.2, 0) is 37.8 Å². The van der Waals surface area contributed by atoms with Crippen molar-refractivity contribution in [3.8, 4) is 11.1 Å². The zero-order chi connectivity index (χ0) is 23.5. The van der Waals surface area contributed by atoms with Crippen LogP contribution in [0.3, 0.4) is 0 Å². The van der Waals surface area contributed by atoms with Crippen LogP contribution in [-0.4, -0.2) is 25.0 Å². The predicted octanol–water partition coefficient (Wildman–Crippen LogP) is 4.80. The van der Waals surface area contributed by atoms with E-state index in [1.54, 1.807) is 12.1 Å². The smallest absolute Gasteiger partial charge is 0.309 e. The van der Waals surface area contributed by atoms with E-state index >= 15 is 0 Å². The van der Waals surface area contributed by atoms with Crippen molar-refractivity contribution in [1.82, 2.24) is 5.32 Å². The Kier molecular flexibility index (Phi) is 6.26. The minimum Gasteiger partial charge on any atom is -0.416 e. The van der Waals surface area contributed by atoms with Crippen molar-refractivity contribution in [1.29, 1.82) is 0 Å². The van der Waals surface area contributed by atoms with E-state index in [4.69, 9.17) is 21.1 Å². The molecule has 0 aromatic heterocycles. The van der Waals surface area contributed by atoms with Crippen LogP contribution < -0.4 is 10.6 Å². The molecular formula is C27H25ClN2O4. The maximum atomic E-state index is 12.3. The standard InChI is InChI=1S/C27H25ClN2O4/c28-23-10-9-22-21(13-14-29-17-27(22)33-24(31)11-12-25(32)34-27)26(23)30-16-18-5-4-8-20(15-18)19-6-2-1-3-7-19/h1-10,15,29-30H,11-14,16-17H2. The number of esters is 2. The number of rotatable bonds is 4. The van der Waals surface area contributed by atoms with E-state index in [9.17, 15) is 9.59 Å². The summed E-state index contributed by atoms with van der Waals surface area (Å²) in [6.45, 7) is 1.37. The van der Waals surface area contributed by atoms with Gasteiger partial charge in [-0.15, -0.1) is 0 Å². The first-order valence-electron chi connectivity index (χ1n) is 11.4. The summed E-state index contributed by atoms with van der Waals surface area (Å²) in [7, 11) is 0. The molecular weight excluding hydrogens is 452 g/mol. The van der Waals surface area contributed by atoms with Crippen LogP contribution in [0.1, 0.15) is 29.5 Å². The maximum Gasteiger partial charge on any atom is 0.309 e. The van der Waals surface area contributed by atoms with Gasteiger partial charge in [-0.2, -0.15) is 0 Å². The van der Waals surface area contributed by atoms with E-state index in [1.165, 1.54) is 0 Å². The van der Waals surface area contributed by atoms with E-state index in [1.807, 2.05) is 24.3 Å². The molecule has 0 bridgehead atoms. The molecule has 0 amide bonds. The SMILES string of the molecule is O=C1CCC(=O)OC2(CNCCc3c2ccc(Cl)c3NCc2cccc(-c3ccccc3)c2)O1. The van der Waals surface area contributed by atoms with Gasteiger partial charge in [-0.25, -0.2) is 0 Å². The number of hydrogen-bond donors (Lipinski definition) is 2. The summed E-state index contributed by atoms with van der Waals surface area (Å²) in [5, 5.41) is 7.28. The average molecular weight is 477 g/mol. The molecule has 0 atom stereocenters. The van der Waals surface area contributed by atoms with Crippen molar-refractivity contribution >= 4 is 29.2 Å². The second-order valence-corrected chi connectivity index (χ2v) is 8.90. The number of ether oxygens (including phenoxy) is 2. The minimum atomic E-state index is -1.50. The van der Waals surface area contributed by atoms with Gasteiger partial charge in [0.25, 0.3) is 5.79 Å². The number of nitrogens with one attached hydrogen (secondary N) is 2. The summed E-state index contributed by atoms with van der Waals surface area (Å²) in [4.78, 5) is 24.6.